The Morgan fingerprint density at radius 2 is 0.370 bits per heavy atom. The second-order valence-electron chi connectivity index (χ2n) is 23.6. The number of nitrogens with one attached hydrogen (secondary N) is 1. The van der Waals surface area contributed by atoms with Gasteiger partial charge in [0.05, 0.1) is 46.2 Å². The van der Waals surface area contributed by atoms with Crippen molar-refractivity contribution in [2.75, 3.05) is 65.9 Å². The van der Waals surface area contributed by atoms with Crippen LogP contribution in [0, 0.1) is 0 Å². The lowest BCUT2D eigenvalue weighted by molar-refractivity contribution is -0.403. The molecule has 30 fully saturated rings. The number of ether oxygens (including phenoxy) is 16. The van der Waals surface area contributed by atoms with Gasteiger partial charge in [-0.2, -0.15) is 0 Å². The highest BCUT2D eigenvalue weighted by Gasteiger charge is 2.60. The number of hydrogen-bond acceptors (Lipinski definition) is 41. The lowest BCUT2D eigenvalue weighted by Gasteiger charge is -2.50. The molecule has 30 aliphatic heterocycles. The minimum Gasteiger partial charge on any atom is -0.394 e. The second kappa shape index (κ2) is 32.6. The summed E-state index contributed by atoms with van der Waals surface area (Å²) in [7, 11) is 0. The summed E-state index contributed by atoms with van der Waals surface area (Å²) in [6.45, 7) is -7.31. The maximum absolute atomic E-state index is 11.7. The van der Waals surface area contributed by atoms with E-state index in [2.05, 4.69) is 5.32 Å². The maximum Gasteiger partial charge on any atom is 0.187 e. The average Bonchev–Trinajstić information content (AvgIpc) is 0.785. The Balaban J connectivity index is 0.988. The van der Waals surface area contributed by atoms with Crippen LogP contribution in [-0.2, 0) is 75.8 Å². The summed E-state index contributed by atoms with van der Waals surface area (Å²) < 4.78 is 92.5. The first-order chi connectivity index (χ1) is 43.9. The summed E-state index contributed by atoms with van der Waals surface area (Å²) in [4.78, 5) is 0. The Labute approximate surface area is 521 Å². The van der Waals surface area contributed by atoms with Gasteiger partial charge in [0.1, 0.15) is 195 Å². The summed E-state index contributed by atoms with van der Waals surface area (Å²) in [5, 5.41) is 260. The molecule has 40 atom stereocenters. The summed E-state index contributed by atoms with van der Waals surface area (Å²) in [5.41, 5.74) is 5.66. The quantitative estimate of drug-likeness (QED) is 0.0807. The number of aliphatic hydroxyl groups excluding tert-OH is 23. The molecule has 0 aromatic heterocycles. The number of nitrogens with two attached hydrogens (primary N) is 1. The molecule has 0 spiro atoms. The first kappa shape index (κ1) is 74.6. The number of aliphatic hydroxyl groups is 23. The molecule has 92 heavy (non-hydrogen) atoms. The lowest BCUT2D eigenvalue weighted by Crippen LogP contribution is -2.69. The van der Waals surface area contributed by atoms with Crippen LogP contribution in [0.5, 0.6) is 0 Å². The maximum atomic E-state index is 11.7. The molecule has 0 unspecified atom stereocenters. The van der Waals surface area contributed by atoms with Gasteiger partial charge >= 0.3 is 0 Å². The molecule has 26 N–H and O–H groups in total. The Kier molecular flexibility index (Phi) is 26.4. The molecule has 30 heterocycles. The van der Waals surface area contributed by atoms with Crippen molar-refractivity contribution in [3.63, 3.8) is 0 Å². The molecule has 0 aliphatic carbocycles. The van der Waals surface area contributed by atoms with Gasteiger partial charge in [-0.15, -0.1) is 0 Å². The van der Waals surface area contributed by atoms with Gasteiger partial charge in [0.25, 0.3) is 0 Å². The van der Waals surface area contributed by atoms with E-state index < -0.39 is 292 Å². The van der Waals surface area contributed by atoms with Crippen LogP contribution in [0.4, 0.5) is 0 Å². The third kappa shape index (κ3) is 15.2. The minimum atomic E-state index is -2.25. The number of hydrogen-bond donors (Lipinski definition) is 25. The standard InChI is InChI=1S/C51H88N2O39/c52-2-1-3-53-4-12-36-20(61)28(69)44(77-12)86-37-13(5-54)79-46(30(71)22(37)63)88-39-15(7-56)81-48(32(73)24(39)65)90-41-17(9-58)83-50(34(75)26(41)67)92-43-19(11-60)84-51(35(76)27(43)68)91-42-18(10-59)82-49(33(74)25(42)66)89-40-16(8-57)80-47(31(72)23(40)64)87-38-14(6-55)78-45(85-36)29(70)21(38)62/h12-51,53-76H,1-11,52H2/t12-,13-,14-,15-,16-,17-,18-,19-,20-,21-,22-,23-,24-,25-,26-,27-,28-,29-,30-,31-,32-,33-,34+,35-,36-,37-,38-,39-,40-,41-,42-,43-,44-,45-,46-,47-,48-,49-,50-,51-/m1/s1. The summed E-state index contributed by atoms with van der Waals surface area (Å²) in [6.07, 6.45) is -80.3. The highest BCUT2D eigenvalue weighted by Crippen LogP contribution is 2.40. The third-order valence-corrected chi connectivity index (χ3v) is 17.6. The van der Waals surface area contributed by atoms with Crippen molar-refractivity contribution in [1.82, 2.24) is 5.32 Å². The SMILES string of the molecule is NCCCNC[C@H]1O[C@@H]2O[C@H]3[C@H](O)[C@@H](O)[C@@H](O[C@H]4[C@H](O)[C@@H](O)[C@@H](O[C@H]5[C@H](O)[C@H](O)[C@@H](O[C@H]6[C@H](O)[C@@H](O)[C@@H](O[C@H]7[C@H](O)[C@@H](O)[C@@H](O[C@H]8[C@H](O)[C@@H](O)[C@@H](O[C@H]9[C@H](O)[C@@H](O)[C@@H](O[C@H]1[C@H](O)[C@H]2O)O[C@@H]9CO)O[C@@H]8CO)O[C@@H]7CO)O[C@@H]6CO)O[C@@H]5CO)O[C@@H]4CO)O[C@@H]3CO. The van der Waals surface area contributed by atoms with E-state index >= 15 is 0 Å². The van der Waals surface area contributed by atoms with E-state index in [0.717, 1.165) is 0 Å². The van der Waals surface area contributed by atoms with Gasteiger partial charge in [0, 0.05) is 6.54 Å². The lowest BCUT2D eigenvalue weighted by atomic mass is 9.94. The first-order valence-electron chi connectivity index (χ1n) is 29.9. The molecule has 41 nitrogen and oxygen atoms in total. The van der Waals surface area contributed by atoms with Crippen LogP contribution in [0.25, 0.3) is 0 Å². The van der Waals surface area contributed by atoms with Gasteiger partial charge in [-0.25, -0.2) is 0 Å². The van der Waals surface area contributed by atoms with E-state index in [4.69, 9.17) is 81.5 Å². The molecule has 0 aromatic carbocycles. The summed E-state index contributed by atoms with van der Waals surface area (Å²) in [6, 6.07) is 0. The fraction of sp³-hybridized carbons (Fsp3) is 1.00. The molecule has 16 bridgehead atoms. The normalized spacial score (nSPS) is 53.5. The van der Waals surface area contributed by atoms with Crippen molar-refractivity contribution in [2.24, 2.45) is 5.73 Å². The summed E-state index contributed by atoms with van der Waals surface area (Å²) >= 11 is 0. The highest BCUT2D eigenvalue weighted by atomic mass is 16.8. The molecule has 0 aromatic rings. The minimum absolute atomic E-state index is 0.211. The zero-order chi connectivity index (χ0) is 66.9. The van der Waals surface area contributed by atoms with E-state index in [1.165, 1.54) is 0 Å². The molecule has 0 radical (unpaired) electrons. The van der Waals surface area contributed by atoms with Crippen molar-refractivity contribution in [3.8, 4) is 0 Å². The Morgan fingerprint density at radius 3 is 0.522 bits per heavy atom. The number of rotatable bonds is 12. The highest BCUT2D eigenvalue weighted by molar-refractivity contribution is 5.03. The molecule has 30 aliphatic rings. The zero-order valence-corrected chi connectivity index (χ0v) is 48.8. The van der Waals surface area contributed by atoms with Crippen LogP contribution in [0.2, 0.25) is 0 Å². The fourth-order valence-electron chi connectivity index (χ4n) is 12.4. The van der Waals surface area contributed by atoms with Crippen LogP contribution in [-0.4, -0.2) is 429 Å². The Morgan fingerprint density at radius 1 is 0.217 bits per heavy atom. The molecule has 0 saturated carbocycles. The molecule has 30 rings (SSSR count). The topological polar surface area (TPSA) is 651 Å². The molecule has 41 heteroatoms. The van der Waals surface area contributed by atoms with Crippen LogP contribution in [0.3, 0.4) is 0 Å². The van der Waals surface area contributed by atoms with E-state index in [0.29, 0.717) is 6.42 Å². The summed E-state index contributed by atoms with van der Waals surface area (Å²) in [5.74, 6) is 0. The average molecular weight is 1350 g/mol. The van der Waals surface area contributed by atoms with Gasteiger partial charge in [0.2, 0.25) is 0 Å². The largest absolute Gasteiger partial charge is 0.394 e. The van der Waals surface area contributed by atoms with Crippen LogP contribution in [0.1, 0.15) is 6.42 Å². The van der Waals surface area contributed by atoms with E-state index in [-0.39, 0.29) is 19.6 Å². The van der Waals surface area contributed by atoms with E-state index in [1.54, 1.807) is 0 Å². The van der Waals surface area contributed by atoms with Crippen molar-refractivity contribution in [2.45, 2.75) is 252 Å². The molecule has 0 amide bonds. The predicted molar refractivity (Wildman–Crippen MR) is 281 cm³/mol. The zero-order valence-electron chi connectivity index (χ0n) is 48.8. The molecule has 30 saturated heterocycles. The third-order valence-electron chi connectivity index (χ3n) is 17.6. The van der Waals surface area contributed by atoms with E-state index in [9.17, 15) is 117 Å². The van der Waals surface area contributed by atoms with Crippen molar-refractivity contribution >= 4 is 0 Å². The van der Waals surface area contributed by atoms with Crippen molar-refractivity contribution < 1.29 is 193 Å². The van der Waals surface area contributed by atoms with Crippen LogP contribution < -0.4 is 11.1 Å². The molecule has 536 valence electrons. The van der Waals surface area contributed by atoms with Crippen LogP contribution >= 0.6 is 0 Å². The predicted octanol–water partition coefficient (Wildman–Crippen LogP) is -17.5. The molecular weight excluding hydrogens is 1260 g/mol. The van der Waals surface area contributed by atoms with Gasteiger partial charge in [-0.1, -0.05) is 0 Å². The Hall–Kier alpha value is -1.64. The van der Waals surface area contributed by atoms with Crippen molar-refractivity contribution in [1.29, 1.82) is 0 Å². The smallest absolute Gasteiger partial charge is 0.187 e. The van der Waals surface area contributed by atoms with Crippen molar-refractivity contribution in [3.05, 3.63) is 0 Å². The van der Waals surface area contributed by atoms with Gasteiger partial charge in [-0.05, 0) is 19.5 Å². The molecular formula is C51H88N2O39. The van der Waals surface area contributed by atoms with Gasteiger partial charge in [0.15, 0.2) is 50.3 Å². The van der Waals surface area contributed by atoms with Gasteiger partial charge in [-0.3, -0.25) is 0 Å². The fourth-order valence-corrected chi connectivity index (χ4v) is 12.4. The second-order valence-corrected chi connectivity index (χ2v) is 23.6. The monoisotopic (exact) mass is 1350 g/mol. The van der Waals surface area contributed by atoms with Gasteiger partial charge < -0.3 is 204 Å². The first-order valence-corrected chi connectivity index (χ1v) is 29.9. The Bertz CT molecular complexity index is 2220. The van der Waals surface area contributed by atoms with E-state index in [1.807, 2.05) is 0 Å². The van der Waals surface area contributed by atoms with Crippen LogP contribution in [0.15, 0.2) is 0 Å².